The fraction of sp³-hybridized carbons (Fsp3) is 0. The first kappa shape index (κ1) is 27.7. The highest BCUT2D eigenvalue weighted by Gasteiger charge is 2.19. The second-order valence-corrected chi connectivity index (χ2v) is 12.9. The third-order valence-electron chi connectivity index (χ3n) is 10.1. The van der Waals surface area contributed by atoms with Crippen molar-refractivity contribution in [3.8, 4) is 50.2 Å². The zero-order valence-corrected chi connectivity index (χ0v) is 26.8. The third kappa shape index (κ3) is 4.47. The van der Waals surface area contributed by atoms with Crippen molar-refractivity contribution in [3.63, 3.8) is 0 Å². The van der Waals surface area contributed by atoms with Gasteiger partial charge < -0.3 is 4.57 Å². The van der Waals surface area contributed by atoms with Crippen molar-refractivity contribution in [1.82, 2.24) is 4.57 Å². The van der Waals surface area contributed by atoms with Crippen LogP contribution < -0.4 is 0 Å². The Labute approximate surface area is 285 Å². The molecule has 0 aliphatic carbocycles. The smallest absolute Gasteiger partial charge is 0.0553 e. The van der Waals surface area contributed by atoms with Gasteiger partial charge in [-0.1, -0.05) is 140 Å². The van der Waals surface area contributed by atoms with Gasteiger partial charge in [0.15, 0.2) is 0 Å². The summed E-state index contributed by atoms with van der Waals surface area (Å²) in [5, 5.41) is 7.70. The molecule has 0 fully saturated rings. The Hall–Kier alpha value is -6.44. The zero-order valence-electron chi connectivity index (χ0n) is 26.8. The average molecular weight is 622 g/mol. The number of fused-ring (bicyclic) bond motifs is 1. The maximum atomic E-state index is 2.44. The molecule has 0 N–H and O–H groups in total. The standard InChI is InChI=1S/C48H31N/c1-4-13-32(14-5-1)36-28-37(33-15-6-2-7-16-33)30-38(29-36)41-20-11-23-44-42(21-12-22-43(41)44)39-27-35-26-25-34-17-10-24-45-47(34)48(35)46(31-39)49(45)40-18-8-3-9-19-40/h1-31H. The highest BCUT2D eigenvalue weighted by molar-refractivity contribution is 6.25. The molecule has 0 radical (unpaired) electrons. The molecule has 1 heterocycles. The van der Waals surface area contributed by atoms with Gasteiger partial charge in [-0.3, -0.25) is 0 Å². The molecule has 0 aliphatic heterocycles. The van der Waals surface area contributed by atoms with Gasteiger partial charge >= 0.3 is 0 Å². The average Bonchev–Trinajstić information content (AvgIpc) is 3.52. The Morgan fingerprint density at radius 2 is 0.796 bits per heavy atom. The molecule has 1 nitrogen and oxygen atoms in total. The third-order valence-corrected chi connectivity index (χ3v) is 10.1. The lowest BCUT2D eigenvalue weighted by Gasteiger charge is -2.15. The van der Waals surface area contributed by atoms with E-state index in [0.717, 1.165) is 0 Å². The SMILES string of the molecule is c1ccc(-c2cc(-c3ccccc3)cc(-c3cccc4c(-c5cc6ccc7cccc8c7c6c(c5)n8-c5ccccc5)cccc34)c2)cc1. The number of benzene rings is 9. The first-order valence-electron chi connectivity index (χ1n) is 16.9. The summed E-state index contributed by atoms with van der Waals surface area (Å²) in [4.78, 5) is 0. The summed E-state index contributed by atoms with van der Waals surface area (Å²) >= 11 is 0. The van der Waals surface area contributed by atoms with Gasteiger partial charge in [0.1, 0.15) is 0 Å². The predicted octanol–water partition coefficient (Wildman–Crippen LogP) is 13.2. The van der Waals surface area contributed by atoms with Gasteiger partial charge in [-0.15, -0.1) is 0 Å². The van der Waals surface area contributed by atoms with Gasteiger partial charge in [-0.2, -0.15) is 0 Å². The van der Waals surface area contributed by atoms with Gasteiger partial charge in [0.2, 0.25) is 0 Å². The summed E-state index contributed by atoms with van der Waals surface area (Å²) in [5.41, 5.74) is 13.4. The molecule has 9 aromatic carbocycles. The normalized spacial score (nSPS) is 11.7. The van der Waals surface area contributed by atoms with Crippen LogP contribution in [0.5, 0.6) is 0 Å². The summed E-state index contributed by atoms with van der Waals surface area (Å²) in [6, 6.07) is 68.8. The summed E-state index contributed by atoms with van der Waals surface area (Å²) in [6.07, 6.45) is 0. The molecule has 0 spiro atoms. The lowest BCUT2D eigenvalue weighted by Crippen LogP contribution is -1.93. The van der Waals surface area contributed by atoms with Crippen LogP contribution in [0, 0.1) is 0 Å². The maximum Gasteiger partial charge on any atom is 0.0553 e. The molecule has 10 rings (SSSR count). The van der Waals surface area contributed by atoms with E-state index in [1.54, 1.807) is 0 Å². The quantitative estimate of drug-likeness (QED) is 0.169. The highest BCUT2D eigenvalue weighted by Crippen LogP contribution is 2.43. The fourth-order valence-corrected chi connectivity index (χ4v) is 7.90. The first-order chi connectivity index (χ1) is 24.3. The molecule has 10 aromatic rings. The van der Waals surface area contributed by atoms with Gasteiger partial charge in [0.25, 0.3) is 0 Å². The lowest BCUT2D eigenvalue weighted by molar-refractivity contribution is 1.18. The number of hydrogen-bond acceptors (Lipinski definition) is 0. The van der Waals surface area contributed by atoms with Crippen LogP contribution in [0.15, 0.2) is 188 Å². The minimum atomic E-state index is 1.18. The number of hydrogen-bond donors (Lipinski definition) is 0. The molecule has 1 heteroatoms. The topological polar surface area (TPSA) is 4.93 Å². The number of rotatable bonds is 5. The minimum Gasteiger partial charge on any atom is -0.309 e. The van der Waals surface area contributed by atoms with Crippen LogP contribution in [0.2, 0.25) is 0 Å². The van der Waals surface area contributed by atoms with Gasteiger partial charge in [-0.05, 0) is 115 Å². The van der Waals surface area contributed by atoms with E-state index in [-0.39, 0.29) is 0 Å². The fourth-order valence-electron chi connectivity index (χ4n) is 7.90. The molecule has 0 aliphatic rings. The molecule has 1 aromatic heterocycles. The monoisotopic (exact) mass is 621 g/mol. The van der Waals surface area contributed by atoms with Crippen molar-refractivity contribution < 1.29 is 0 Å². The van der Waals surface area contributed by atoms with Crippen molar-refractivity contribution in [1.29, 1.82) is 0 Å². The van der Waals surface area contributed by atoms with Crippen LogP contribution in [0.1, 0.15) is 0 Å². The number of nitrogens with zero attached hydrogens (tertiary/aromatic N) is 1. The number of aromatic nitrogens is 1. The van der Waals surface area contributed by atoms with Crippen LogP contribution in [-0.2, 0) is 0 Å². The molecule has 0 saturated heterocycles. The molecular weight excluding hydrogens is 591 g/mol. The Kier molecular flexibility index (Phi) is 6.25. The van der Waals surface area contributed by atoms with E-state index in [4.69, 9.17) is 0 Å². The van der Waals surface area contributed by atoms with E-state index in [1.807, 2.05) is 0 Å². The zero-order chi connectivity index (χ0) is 32.3. The van der Waals surface area contributed by atoms with Crippen LogP contribution in [0.4, 0.5) is 0 Å². The van der Waals surface area contributed by atoms with E-state index < -0.39 is 0 Å². The second kappa shape index (κ2) is 11.1. The molecule has 0 saturated carbocycles. The van der Waals surface area contributed by atoms with E-state index in [2.05, 4.69) is 193 Å². The Morgan fingerprint density at radius 3 is 1.43 bits per heavy atom. The molecule has 0 bridgehead atoms. The first-order valence-corrected chi connectivity index (χ1v) is 16.9. The summed E-state index contributed by atoms with van der Waals surface area (Å²) in [6.45, 7) is 0. The predicted molar refractivity (Wildman–Crippen MR) is 209 cm³/mol. The van der Waals surface area contributed by atoms with Crippen molar-refractivity contribution >= 4 is 43.4 Å². The van der Waals surface area contributed by atoms with E-state index in [1.165, 1.54) is 93.5 Å². The summed E-state index contributed by atoms with van der Waals surface area (Å²) < 4.78 is 2.44. The molecule has 49 heavy (non-hydrogen) atoms. The van der Waals surface area contributed by atoms with E-state index in [9.17, 15) is 0 Å². The summed E-state index contributed by atoms with van der Waals surface area (Å²) in [7, 11) is 0. The van der Waals surface area contributed by atoms with Gasteiger partial charge in [-0.25, -0.2) is 0 Å². The van der Waals surface area contributed by atoms with Gasteiger partial charge in [0, 0.05) is 16.5 Å². The van der Waals surface area contributed by atoms with Crippen molar-refractivity contribution in [2.75, 3.05) is 0 Å². The molecule has 228 valence electrons. The number of para-hydroxylation sites is 1. The van der Waals surface area contributed by atoms with Crippen molar-refractivity contribution in [2.45, 2.75) is 0 Å². The Balaban J connectivity index is 1.21. The molecule has 0 atom stereocenters. The van der Waals surface area contributed by atoms with Gasteiger partial charge in [0.05, 0.1) is 11.0 Å². The van der Waals surface area contributed by atoms with Crippen LogP contribution in [0.25, 0.3) is 93.5 Å². The Bertz CT molecular complexity index is 2730. The van der Waals surface area contributed by atoms with Crippen LogP contribution in [-0.4, -0.2) is 4.57 Å². The van der Waals surface area contributed by atoms with E-state index >= 15 is 0 Å². The van der Waals surface area contributed by atoms with Crippen LogP contribution in [0.3, 0.4) is 0 Å². The van der Waals surface area contributed by atoms with E-state index in [0.29, 0.717) is 0 Å². The van der Waals surface area contributed by atoms with Crippen molar-refractivity contribution in [3.05, 3.63) is 188 Å². The minimum absolute atomic E-state index is 1.18. The molecule has 0 amide bonds. The Morgan fingerprint density at radius 1 is 0.286 bits per heavy atom. The highest BCUT2D eigenvalue weighted by atomic mass is 15.0. The molecule has 0 unspecified atom stereocenters. The maximum absolute atomic E-state index is 2.44. The molecular formula is C48H31N. The van der Waals surface area contributed by atoms with Crippen molar-refractivity contribution in [2.24, 2.45) is 0 Å². The summed E-state index contributed by atoms with van der Waals surface area (Å²) in [5.74, 6) is 0. The largest absolute Gasteiger partial charge is 0.309 e. The lowest BCUT2D eigenvalue weighted by atomic mass is 9.89. The van der Waals surface area contributed by atoms with Crippen LogP contribution >= 0.6 is 0 Å². The second-order valence-electron chi connectivity index (χ2n) is 12.9.